The summed E-state index contributed by atoms with van der Waals surface area (Å²) in [4.78, 5) is 0. The van der Waals surface area contributed by atoms with Crippen molar-refractivity contribution in [2.24, 2.45) is 0 Å². The number of hydrogen-bond acceptors (Lipinski definition) is 1. The van der Waals surface area contributed by atoms with E-state index in [1.165, 1.54) is 37.7 Å². The van der Waals surface area contributed by atoms with Crippen molar-refractivity contribution in [1.29, 1.82) is 0 Å². The Balaban J connectivity index is 2.24. The van der Waals surface area contributed by atoms with Crippen molar-refractivity contribution in [3.05, 3.63) is 29.8 Å². The van der Waals surface area contributed by atoms with Gasteiger partial charge in [0.1, 0.15) is 5.75 Å². The molecule has 0 saturated heterocycles. The van der Waals surface area contributed by atoms with E-state index in [-0.39, 0.29) is 0 Å². The van der Waals surface area contributed by atoms with Crippen LogP contribution in [0, 0.1) is 0 Å². The third-order valence-electron chi connectivity index (χ3n) is 2.79. The van der Waals surface area contributed by atoms with Crippen molar-refractivity contribution in [2.75, 3.05) is 11.9 Å². The van der Waals surface area contributed by atoms with E-state index in [1.54, 1.807) is 0 Å². The van der Waals surface area contributed by atoms with E-state index < -0.39 is 0 Å². The molecule has 0 aliphatic carbocycles. The Morgan fingerprint density at radius 1 is 1.00 bits per heavy atom. The summed E-state index contributed by atoms with van der Waals surface area (Å²) in [6, 6.07) is 8.57. The standard InChI is InChI=1S/C15H23BrO/c1-2-3-13-17-15-10-8-14(9-11-15)7-5-4-6-12-16/h8-11H,2-7,12-13H2,1H3. The molecule has 0 aliphatic heterocycles. The molecule has 0 radical (unpaired) electrons. The third kappa shape index (κ3) is 6.72. The van der Waals surface area contributed by atoms with E-state index in [0.29, 0.717) is 0 Å². The highest BCUT2D eigenvalue weighted by Crippen LogP contribution is 2.14. The van der Waals surface area contributed by atoms with Crippen LogP contribution in [0.1, 0.15) is 44.6 Å². The molecule has 2 heteroatoms. The highest BCUT2D eigenvalue weighted by Gasteiger charge is 1.96. The second kappa shape index (κ2) is 9.52. The fraction of sp³-hybridized carbons (Fsp3) is 0.600. The Morgan fingerprint density at radius 2 is 1.76 bits per heavy atom. The second-order valence-corrected chi connectivity index (χ2v) is 5.14. The Hall–Kier alpha value is -0.500. The van der Waals surface area contributed by atoms with Gasteiger partial charge in [0.2, 0.25) is 0 Å². The first kappa shape index (κ1) is 14.6. The summed E-state index contributed by atoms with van der Waals surface area (Å²) in [5.74, 6) is 1.00. The summed E-state index contributed by atoms with van der Waals surface area (Å²) >= 11 is 3.46. The maximum absolute atomic E-state index is 5.64. The molecule has 0 amide bonds. The predicted molar refractivity (Wildman–Crippen MR) is 78.2 cm³/mol. The number of halogens is 1. The van der Waals surface area contributed by atoms with Crippen molar-refractivity contribution in [2.45, 2.75) is 45.4 Å². The fourth-order valence-corrected chi connectivity index (χ4v) is 2.08. The average molecular weight is 299 g/mol. The SMILES string of the molecule is CCCCOc1ccc(CCCCCBr)cc1. The van der Waals surface area contributed by atoms with Gasteiger partial charge in [-0.15, -0.1) is 0 Å². The number of ether oxygens (including phenoxy) is 1. The Morgan fingerprint density at radius 3 is 2.41 bits per heavy atom. The van der Waals surface area contributed by atoms with Gasteiger partial charge in [-0.25, -0.2) is 0 Å². The molecule has 1 rings (SSSR count). The van der Waals surface area contributed by atoms with E-state index in [4.69, 9.17) is 4.74 Å². The van der Waals surface area contributed by atoms with Gasteiger partial charge in [0.25, 0.3) is 0 Å². The maximum atomic E-state index is 5.64. The van der Waals surface area contributed by atoms with Crippen LogP contribution in [0.3, 0.4) is 0 Å². The van der Waals surface area contributed by atoms with E-state index in [0.717, 1.165) is 24.1 Å². The van der Waals surface area contributed by atoms with Crippen LogP contribution in [0.25, 0.3) is 0 Å². The van der Waals surface area contributed by atoms with Crippen LogP contribution in [0.5, 0.6) is 5.75 Å². The maximum Gasteiger partial charge on any atom is 0.119 e. The molecule has 96 valence electrons. The van der Waals surface area contributed by atoms with Crippen LogP contribution in [-0.4, -0.2) is 11.9 Å². The minimum Gasteiger partial charge on any atom is -0.494 e. The third-order valence-corrected chi connectivity index (χ3v) is 3.35. The van der Waals surface area contributed by atoms with Gasteiger partial charge < -0.3 is 4.74 Å². The van der Waals surface area contributed by atoms with Gasteiger partial charge in [0, 0.05) is 5.33 Å². The molecule has 0 aliphatic rings. The first-order valence-corrected chi connectivity index (χ1v) is 7.76. The van der Waals surface area contributed by atoms with Crippen LogP contribution in [0.15, 0.2) is 24.3 Å². The molecule has 0 saturated carbocycles. The fourth-order valence-electron chi connectivity index (χ4n) is 1.69. The minimum atomic E-state index is 0.834. The number of aryl methyl sites for hydroxylation is 1. The zero-order valence-electron chi connectivity index (χ0n) is 10.8. The lowest BCUT2D eigenvalue weighted by Gasteiger charge is -2.06. The average Bonchev–Trinajstić information content (AvgIpc) is 2.37. The summed E-state index contributed by atoms with van der Waals surface area (Å²) in [5, 5.41) is 1.12. The number of benzene rings is 1. The zero-order chi connectivity index (χ0) is 12.3. The largest absolute Gasteiger partial charge is 0.494 e. The predicted octanol–water partition coefficient (Wildman–Crippen LogP) is 4.97. The second-order valence-electron chi connectivity index (χ2n) is 4.35. The number of hydrogen-bond donors (Lipinski definition) is 0. The van der Waals surface area contributed by atoms with Crippen molar-refractivity contribution in [3.63, 3.8) is 0 Å². The molecule has 0 heterocycles. The lowest BCUT2D eigenvalue weighted by molar-refractivity contribution is 0.309. The van der Waals surface area contributed by atoms with Crippen LogP contribution in [0.2, 0.25) is 0 Å². The van der Waals surface area contributed by atoms with Gasteiger partial charge in [0.05, 0.1) is 6.61 Å². The van der Waals surface area contributed by atoms with Gasteiger partial charge in [0.15, 0.2) is 0 Å². The summed E-state index contributed by atoms with van der Waals surface area (Å²) in [7, 11) is 0. The van der Waals surface area contributed by atoms with Gasteiger partial charge in [-0.05, 0) is 43.4 Å². The quantitative estimate of drug-likeness (QED) is 0.462. The lowest BCUT2D eigenvalue weighted by Crippen LogP contribution is -1.96. The monoisotopic (exact) mass is 298 g/mol. The van der Waals surface area contributed by atoms with Gasteiger partial charge in [-0.1, -0.05) is 47.8 Å². The van der Waals surface area contributed by atoms with Crippen LogP contribution >= 0.6 is 15.9 Å². The molecule has 0 aromatic heterocycles. The van der Waals surface area contributed by atoms with Gasteiger partial charge in [-0.3, -0.25) is 0 Å². The lowest BCUT2D eigenvalue weighted by atomic mass is 10.1. The first-order valence-electron chi connectivity index (χ1n) is 6.64. The van der Waals surface area contributed by atoms with E-state index in [9.17, 15) is 0 Å². The first-order chi connectivity index (χ1) is 8.36. The molecule has 0 N–H and O–H groups in total. The molecular weight excluding hydrogens is 276 g/mol. The minimum absolute atomic E-state index is 0.834. The van der Waals surface area contributed by atoms with Crippen molar-refractivity contribution >= 4 is 15.9 Å². The normalized spacial score (nSPS) is 10.5. The smallest absolute Gasteiger partial charge is 0.119 e. The number of rotatable bonds is 9. The number of alkyl halides is 1. The van der Waals surface area contributed by atoms with E-state index in [2.05, 4.69) is 47.1 Å². The van der Waals surface area contributed by atoms with Gasteiger partial charge in [-0.2, -0.15) is 0 Å². The molecular formula is C15H23BrO. The molecule has 0 unspecified atom stereocenters. The summed E-state index contributed by atoms with van der Waals surface area (Å²) < 4.78 is 5.64. The Kier molecular flexibility index (Phi) is 8.16. The van der Waals surface area contributed by atoms with Crippen LogP contribution < -0.4 is 4.74 Å². The molecule has 1 aromatic carbocycles. The summed E-state index contributed by atoms with van der Waals surface area (Å²) in [6.07, 6.45) is 7.36. The topological polar surface area (TPSA) is 9.23 Å². The summed E-state index contributed by atoms with van der Waals surface area (Å²) in [5.41, 5.74) is 1.42. The van der Waals surface area contributed by atoms with Crippen molar-refractivity contribution < 1.29 is 4.74 Å². The molecule has 0 atom stereocenters. The molecule has 0 spiro atoms. The Labute approximate surface area is 114 Å². The molecule has 0 bridgehead atoms. The summed E-state index contributed by atoms with van der Waals surface area (Å²) in [6.45, 7) is 3.01. The van der Waals surface area contributed by atoms with E-state index in [1.807, 2.05) is 0 Å². The van der Waals surface area contributed by atoms with Crippen LogP contribution in [-0.2, 0) is 6.42 Å². The number of unbranched alkanes of at least 4 members (excludes halogenated alkanes) is 3. The highest BCUT2D eigenvalue weighted by atomic mass is 79.9. The zero-order valence-corrected chi connectivity index (χ0v) is 12.3. The van der Waals surface area contributed by atoms with Gasteiger partial charge >= 0.3 is 0 Å². The highest BCUT2D eigenvalue weighted by molar-refractivity contribution is 9.09. The molecule has 0 fully saturated rings. The molecule has 1 nitrogen and oxygen atoms in total. The van der Waals surface area contributed by atoms with Crippen molar-refractivity contribution in [1.82, 2.24) is 0 Å². The molecule has 1 aromatic rings. The van der Waals surface area contributed by atoms with Crippen molar-refractivity contribution in [3.8, 4) is 5.75 Å². The molecule has 17 heavy (non-hydrogen) atoms. The Bertz CT molecular complexity index is 281. The van der Waals surface area contributed by atoms with Crippen LogP contribution in [0.4, 0.5) is 0 Å². The van der Waals surface area contributed by atoms with E-state index >= 15 is 0 Å².